The van der Waals surface area contributed by atoms with Gasteiger partial charge >= 0.3 is 5.97 Å². The number of nitrogens with zero attached hydrogens (tertiary/aromatic N) is 2. The van der Waals surface area contributed by atoms with Gasteiger partial charge in [0.1, 0.15) is 0 Å². The van der Waals surface area contributed by atoms with Gasteiger partial charge in [-0.15, -0.1) is 0 Å². The highest BCUT2D eigenvalue weighted by Crippen LogP contribution is 2.22. The normalized spacial score (nSPS) is 20.9. The first-order valence-corrected chi connectivity index (χ1v) is 11.6. The highest BCUT2D eigenvalue weighted by atomic mass is 32.2. The van der Waals surface area contributed by atoms with Crippen molar-refractivity contribution in [3.63, 3.8) is 0 Å². The Morgan fingerprint density at radius 2 is 1.71 bits per heavy atom. The van der Waals surface area contributed by atoms with Crippen LogP contribution in [0.5, 0.6) is 0 Å². The number of nitrogens with one attached hydrogen (secondary N) is 1. The molecule has 156 valence electrons. The predicted octanol–water partition coefficient (Wildman–Crippen LogP) is 1.76. The predicted molar refractivity (Wildman–Crippen MR) is 108 cm³/mol. The highest BCUT2D eigenvalue weighted by Gasteiger charge is 2.33. The molecule has 0 amide bonds. The van der Waals surface area contributed by atoms with Gasteiger partial charge in [-0.2, -0.15) is 17.4 Å². The largest absolute Gasteiger partial charge is 0.466 e. The molecule has 1 aromatic rings. The number of benzene rings is 1. The Kier molecular flexibility index (Phi) is 7.45. The average Bonchev–Trinajstić information content (AvgIpc) is 2.70. The maximum Gasteiger partial charge on any atom is 0.309 e. The number of likely N-dealkylation sites (tertiary alicyclic amines) is 1. The van der Waals surface area contributed by atoms with Crippen LogP contribution in [0.2, 0.25) is 0 Å². The van der Waals surface area contributed by atoms with Crippen LogP contribution < -0.4 is 4.72 Å². The second kappa shape index (κ2) is 9.82. The molecule has 8 heteroatoms. The molecule has 0 atom stereocenters. The van der Waals surface area contributed by atoms with E-state index in [-0.39, 0.29) is 17.9 Å². The topological polar surface area (TPSA) is 78.9 Å². The third kappa shape index (κ3) is 5.76. The van der Waals surface area contributed by atoms with E-state index in [1.165, 1.54) is 9.87 Å². The standard InChI is InChI=1S/C20H31N3O4S/c1-2-27-20(24)18-8-14-23(15-9-18)28(25,26)21-19-10-12-22(13-11-19)16-17-6-4-3-5-7-17/h3-7,18-19,21H,2,8-16H2,1H3. The number of carbonyl (C=O) groups excluding carboxylic acids is 1. The van der Waals surface area contributed by atoms with Gasteiger partial charge in [-0.1, -0.05) is 30.3 Å². The third-order valence-corrected chi connectivity index (χ3v) is 7.24. The van der Waals surface area contributed by atoms with Gasteiger partial charge in [-0.3, -0.25) is 9.69 Å². The summed E-state index contributed by atoms with van der Waals surface area (Å²) >= 11 is 0. The van der Waals surface area contributed by atoms with Gasteiger partial charge in [0.25, 0.3) is 10.2 Å². The summed E-state index contributed by atoms with van der Waals surface area (Å²) in [5.41, 5.74) is 1.28. The number of hydrogen-bond acceptors (Lipinski definition) is 5. The lowest BCUT2D eigenvalue weighted by Crippen LogP contribution is -2.51. The summed E-state index contributed by atoms with van der Waals surface area (Å²) in [5.74, 6) is -0.397. The number of esters is 1. The zero-order chi connectivity index (χ0) is 20.0. The van der Waals surface area contributed by atoms with Crippen LogP contribution in [0.15, 0.2) is 30.3 Å². The summed E-state index contributed by atoms with van der Waals surface area (Å²) in [6.07, 6.45) is 2.67. The summed E-state index contributed by atoms with van der Waals surface area (Å²) in [4.78, 5) is 14.2. The molecule has 0 aromatic heterocycles. The van der Waals surface area contributed by atoms with Crippen LogP contribution in [0.4, 0.5) is 0 Å². The zero-order valence-corrected chi connectivity index (χ0v) is 17.4. The molecular formula is C20H31N3O4S. The van der Waals surface area contributed by atoms with E-state index in [2.05, 4.69) is 21.8 Å². The van der Waals surface area contributed by atoms with E-state index in [1.807, 2.05) is 18.2 Å². The first-order valence-electron chi connectivity index (χ1n) is 10.2. The number of ether oxygens (including phenoxy) is 1. The summed E-state index contributed by atoms with van der Waals surface area (Å²) < 4.78 is 34.8. The molecule has 2 heterocycles. The van der Waals surface area contributed by atoms with Crippen LogP contribution in [0.25, 0.3) is 0 Å². The Morgan fingerprint density at radius 1 is 1.07 bits per heavy atom. The van der Waals surface area contributed by atoms with Crippen molar-refractivity contribution in [1.29, 1.82) is 0 Å². The van der Waals surface area contributed by atoms with Crippen LogP contribution in [-0.2, 0) is 26.3 Å². The third-order valence-electron chi connectivity index (χ3n) is 5.57. The van der Waals surface area contributed by atoms with Gasteiger partial charge in [0.15, 0.2) is 0 Å². The van der Waals surface area contributed by atoms with Crippen LogP contribution >= 0.6 is 0 Å². The molecule has 2 aliphatic heterocycles. The van der Waals surface area contributed by atoms with Crippen LogP contribution in [0.3, 0.4) is 0 Å². The minimum absolute atomic E-state index is 0.0280. The minimum atomic E-state index is -3.51. The number of piperidine rings is 2. The fourth-order valence-corrected chi connectivity index (χ4v) is 5.43. The summed E-state index contributed by atoms with van der Waals surface area (Å²) in [6.45, 7) is 5.55. The molecule has 0 saturated carbocycles. The lowest BCUT2D eigenvalue weighted by atomic mass is 9.98. The maximum absolute atomic E-state index is 12.7. The molecule has 3 rings (SSSR count). The number of hydrogen-bond donors (Lipinski definition) is 1. The molecule has 2 fully saturated rings. The van der Waals surface area contributed by atoms with Crippen LogP contribution in [0, 0.1) is 5.92 Å². The first-order chi connectivity index (χ1) is 13.5. The molecule has 28 heavy (non-hydrogen) atoms. The van der Waals surface area contributed by atoms with Crippen molar-refractivity contribution < 1.29 is 17.9 Å². The zero-order valence-electron chi connectivity index (χ0n) is 16.5. The van der Waals surface area contributed by atoms with Gasteiger partial charge in [-0.25, -0.2) is 0 Å². The summed E-state index contributed by atoms with van der Waals surface area (Å²) in [7, 11) is -3.51. The highest BCUT2D eigenvalue weighted by molar-refractivity contribution is 7.87. The molecule has 0 unspecified atom stereocenters. The molecule has 2 saturated heterocycles. The van der Waals surface area contributed by atoms with Crippen molar-refractivity contribution in [3.05, 3.63) is 35.9 Å². The molecule has 0 aliphatic carbocycles. The second-order valence-electron chi connectivity index (χ2n) is 7.58. The van der Waals surface area contributed by atoms with Gasteiger partial charge in [0.05, 0.1) is 12.5 Å². The van der Waals surface area contributed by atoms with E-state index in [4.69, 9.17) is 4.74 Å². The fourth-order valence-electron chi connectivity index (χ4n) is 3.93. The van der Waals surface area contributed by atoms with Crippen LogP contribution in [-0.4, -0.2) is 62.4 Å². The monoisotopic (exact) mass is 409 g/mol. The Morgan fingerprint density at radius 3 is 2.32 bits per heavy atom. The van der Waals surface area contributed by atoms with Crippen molar-refractivity contribution in [2.24, 2.45) is 5.92 Å². The van der Waals surface area contributed by atoms with E-state index in [9.17, 15) is 13.2 Å². The molecule has 0 bridgehead atoms. The molecule has 1 N–H and O–H groups in total. The van der Waals surface area contributed by atoms with Crippen molar-refractivity contribution in [3.8, 4) is 0 Å². The first kappa shape index (κ1) is 21.2. The fraction of sp³-hybridized carbons (Fsp3) is 0.650. The SMILES string of the molecule is CCOC(=O)C1CCN(S(=O)(=O)NC2CCN(Cc3ccccc3)CC2)CC1. The summed E-state index contributed by atoms with van der Waals surface area (Å²) in [6, 6.07) is 10.3. The van der Waals surface area contributed by atoms with Crippen LogP contribution in [0.1, 0.15) is 38.2 Å². The second-order valence-corrected chi connectivity index (χ2v) is 9.29. The smallest absolute Gasteiger partial charge is 0.309 e. The van der Waals surface area contributed by atoms with Crippen molar-refractivity contribution in [2.75, 3.05) is 32.8 Å². The number of rotatable bonds is 7. The van der Waals surface area contributed by atoms with Gasteiger partial charge < -0.3 is 4.74 Å². The molecule has 2 aliphatic rings. The van der Waals surface area contributed by atoms with Gasteiger partial charge in [0.2, 0.25) is 0 Å². The Bertz CT molecular complexity index is 725. The Hall–Kier alpha value is -1.48. The maximum atomic E-state index is 12.7. The lowest BCUT2D eigenvalue weighted by molar-refractivity contribution is -0.149. The Labute approximate surface area is 168 Å². The van der Waals surface area contributed by atoms with Crippen molar-refractivity contribution in [1.82, 2.24) is 13.9 Å². The molecule has 0 spiro atoms. The molecule has 7 nitrogen and oxygen atoms in total. The summed E-state index contributed by atoms with van der Waals surface area (Å²) in [5, 5.41) is 0. The van der Waals surface area contributed by atoms with E-state index in [0.29, 0.717) is 32.5 Å². The van der Waals surface area contributed by atoms with E-state index >= 15 is 0 Å². The molecular weight excluding hydrogens is 378 g/mol. The van der Waals surface area contributed by atoms with Gasteiger partial charge in [0, 0.05) is 38.8 Å². The lowest BCUT2D eigenvalue weighted by Gasteiger charge is -2.35. The minimum Gasteiger partial charge on any atom is -0.466 e. The van der Waals surface area contributed by atoms with Crippen molar-refractivity contribution >= 4 is 16.2 Å². The number of carbonyl (C=O) groups is 1. The van der Waals surface area contributed by atoms with Gasteiger partial charge in [-0.05, 0) is 38.2 Å². The Balaban J connectivity index is 1.43. The van der Waals surface area contributed by atoms with E-state index in [1.54, 1.807) is 6.92 Å². The van der Waals surface area contributed by atoms with Crippen molar-refractivity contribution in [2.45, 2.75) is 45.2 Å². The van der Waals surface area contributed by atoms with E-state index < -0.39 is 10.2 Å². The quantitative estimate of drug-likeness (QED) is 0.695. The average molecular weight is 410 g/mol. The molecule has 0 radical (unpaired) electrons. The van der Waals surface area contributed by atoms with E-state index in [0.717, 1.165) is 32.5 Å². The molecule has 1 aromatic carbocycles.